The number of aryl methyl sites for hydroxylation is 1. The first-order valence-electron chi connectivity index (χ1n) is 8.90. The summed E-state index contributed by atoms with van der Waals surface area (Å²) in [5, 5.41) is 12.0. The number of benzene rings is 1. The number of halogens is 1. The van der Waals surface area contributed by atoms with Gasteiger partial charge in [0.25, 0.3) is 0 Å². The zero-order valence-corrected chi connectivity index (χ0v) is 15.0. The first-order chi connectivity index (χ1) is 13.2. The Bertz CT molecular complexity index is 899. The quantitative estimate of drug-likeness (QED) is 0.661. The van der Waals surface area contributed by atoms with E-state index in [4.69, 9.17) is 9.26 Å². The summed E-state index contributed by atoms with van der Waals surface area (Å²) < 4.78 is 24.3. The van der Waals surface area contributed by atoms with E-state index in [-0.39, 0.29) is 5.82 Å². The molecule has 8 heteroatoms. The molecule has 4 rings (SSSR count). The average Bonchev–Trinajstić information content (AvgIpc) is 3.29. The van der Waals surface area contributed by atoms with Crippen LogP contribution in [0.1, 0.15) is 18.1 Å². The predicted octanol–water partition coefficient (Wildman–Crippen LogP) is 2.88. The number of rotatable bonds is 6. The van der Waals surface area contributed by atoms with E-state index in [1.54, 1.807) is 24.3 Å². The lowest BCUT2D eigenvalue weighted by molar-refractivity contribution is 0.219. The lowest BCUT2D eigenvalue weighted by atomic mass is 10.1. The van der Waals surface area contributed by atoms with Gasteiger partial charge in [0, 0.05) is 24.1 Å². The van der Waals surface area contributed by atoms with E-state index in [9.17, 15) is 4.39 Å². The summed E-state index contributed by atoms with van der Waals surface area (Å²) in [6.45, 7) is 4.94. The lowest BCUT2D eigenvalue weighted by Gasteiger charge is -2.14. The van der Waals surface area contributed by atoms with Gasteiger partial charge in [0.2, 0.25) is 11.8 Å². The van der Waals surface area contributed by atoms with Crippen molar-refractivity contribution in [3.63, 3.8) is 0 Å². The van der Waals surface area contributed by atoms with Crippen molar-refractivity contribution in [2.45, 2.75) is 19.9 Å². The number of aromatic nitrogens is 4. The second kappa shape index (κ2) is 7.79. The standard InChI is InChI=1S/C19H20FN5O2/c1-13-21-19(27-24-13)11-25-8-7-14(10-25)12-26-18-6-5-17(22-23-18)15-3-2-4-16(20)9-15/h2-6,9,14H,7-8,10-12H2,1H3. The highest BCUT2D eigenvalue weighted by atomic mass is 19.1. The Morgan fingerprint density at radius 1 is 1.26 bits per heavy atom. The van der Waals surface area contributed by atoms with Crippen molar-refractivity contribution in [2.24, 2.45) is 5.92 Å². The molecule has 2 aromatic heterocycles. The molecule has 1 fully saturated rings. The van der Waals surface area contributed by atoms with Gasteiger partial charge in [-0.25, -0.2) is 4.39 Å². The van der Waals surface area contributed by atoms with Gasteiger partial charge < -0.3 is 9.26 Å². The van der Waals surface area contributed by atoms with Gasteiger partial charge in [-0.1, -0.05) is 17.3 Å². The van der Waals surface area contributed by atoms with Crippen molar-refractivity contribution in [2.75, 3.05) is 19.7 Å². The van der Waals surface area contributed by atoms with Crippen LogP contribution in [0, 0.1) is 18.7 Å². The van der Waals surface area contributed by atoms with Crippen LogP contribution in [0.3, 0.4) is 0 Å². The topological polar surface area (TPSA) is 77.2 Å². The highest BCUT2D eigenvalue weighted by Crippen LogP contribution is 2.21. The maximum atomic E-state index is 13.3. The fraction of sp³-hybridized carbons (Fsp3) is 0.368. The average molecular weight is 369 g/mol. The van der Waals surface area contributed by atoms with Crippen LogP contribution in [-0.4, -0.2) is 44.9 Å². The van der Waals surface area contributed by atoms with E-state index in [0.717, 1.165) is 19.5 Å². The van der Waals surface area contributed by atoms with Crippen LogP contribution in [0.5, 0.6) is 5.88 Å². The Kier molecular flexibility index (Phi) is 5.06. The normalized spacial score (nSPS) is 17.3. The molecule has 0 N–H and O–H groups in total. The zero-order chi connectivity index (χ0) is 18.6. The Morgan fingerprint density at radius 2 is 2.19 bits per heavy atom. The predicted molar refractivity (Wildman–Crippen MR) is 95.3 cm³/mol. The molecule has 1 saturated heterocycles. The van der Waals surface area contributed by atoms with Crippen molar-refractivity contribution < 1.29 is 13.7 Å². The lowest BCUT2D eigenvalue weighted by Crippen LogP contribution is -2.22. The number of likely N-dealkylation sites (tertiary alicyclic amines) is 1. The molecule has 0 radical (unpaired) electrons. The number of hydrogen-bond acceptors (Lipinski definition) is 7. The minimum absolute atomic E-state index is 0.295. The fourth-order valence-corrected chi connectivity index (χ4v) is 3.19. The molecule has 0 saturated carbocycles. The monoisotopic (exact) mass is 369 g/mol. The second-order valence-corrected chi connectivity index (χ2v) is 6.70. The molecule has 0 aliphatic carbocycles. The van der Waals surface area contributed by atoms with Crippen LogP contribution in [0.15, 0.2) is 40.9 Å². The zero-order valence-electron chi connectivity index (χ0n) is 15.0. The summed E-state index contributed by atoms with van der Waals surface area (Å²) in [5.74, 6) is 1.90. The van der Waals surface area contributed by atoms with Gasteiger partial charge in [0.1, 0.15) is 5.82 Å². The summed E-state index contributed by atoms with van der Waals surface area (Å²) in [7, 11) is 0. The maximum absolute atomic E-state index is 13.3. The summed E-state index contributed by atoms with van der Waals surface area (Å²) in [6.07, 6.45) is 1.04. The van der Waals surface area contributed by atoms with Crippen LogP contribution in [0.4, 0.5) is 4.39 Å². The van der Waals surface area contributed by atoms with Crippen LogP contribution in [-0.2, 0) is 6.54 Å². The molecule has 0 spiro atoms. The number of hydrogen-bond donors (Lipinski definition) is 0. The molecule has 1 atom stereocenters. The highest BCUT2D eigenvalue weighted by Gasteiger charge is 2.24. The van der Waals surface area contributed by atoms with Crippen LogP contribution in [0.2, 0.25) is 0 Å². The SMILES string of the molecule is Cc1noc(CN2CCC(COc3ccc(-c4cccc(F)c4)nn3)C2)n1. The van der Waals surface area contributed by atoms with Crippen molar-refractivity contribution in [1.82, 2.24) is 25.2 Å². The van der Waals surface area contributed by atoms with Gasteiger partial charge in [-0.15, -0.1) is 10.2 Å². The van der Waals surface area contributed by atoms with Crippen molar-refractivity contribution >= 4 is 0 Å². The number of ether oxygens (including phenoxy) is 1. The maximum Gasteiger partial charge on any atom is 0.240 e. The van der Waals surface area contributed by atoms with Gasteiger partial charge in [0.15, 0.2) is 5.82 Å². The Balaban J connectivity index is 1.28. The van der Waals surface area contributed by atoms with Gasteiger partial charge in [0.05, 0.1) is 18.8 Å². The summed E-state index contributed by atoms with van der Waals surface area (Å²) in [4.78, 5) is 6.52. The first kappa shape index (κ1) is 17.5. The third-order valence-corrected chi connectivity index (χ3v) is 4.53. The van der Waals surface area contributed by atoms with Gasteiger partial charge in [-0.05, 0) is 38.1 Å². The molecule has 7 nitrogen and oxygen atoms in total. The van der Waals surface area contributed by atoms with E-state index in [1.807, 2.05) is 6.92 Å². The molecule has 0 amide bonds. The summed E-state index contributed by atoms with van der Waals surface area (Å²) in [6, 6.07) is 9.84. The van der Waals surface area contributed by atoms with E-state index >= 15 is 0 Å². The Morgan fingerprint density at radius 3 is 2.93 bits per heavy atom. The molecule has 140 valence electrons. The highest BCUT2D eigenvalue weighted by molar-refractivity contribution is 5.58. The fourth-order valence-electron chi connectivity index (χ4n) is 3.19. The van der Waals surface area contributed by atoms with Gasteiger partial charge in [-0.3, -0.25) is 4.90 Å². The van der Waals surface area contributed by atoms with E-state index < -0.39 is 0 Å². The van der Waals surface area contributed by atoms with Crippen LogP contribution >= 0.6 is 0 Å². The first-order valence-corrected chi connectivity index (χ1v) is 8.90. The van der Waals surface area contributed by atoms with E-state index in [2.05, 4.69) is 25.2 Å². The molecular weight excluding hydrogens is 349 g/mol. The third kappa shape index (κ3) is 4.46. The molecule has 0 bridgehead atoms. The Hall–Kier alpha value is -2.87. The van der Waals surface area contributed by atoms with Crippen molar-refractivity contribution in [3.8, 4) is 17.1 Å². The van der Waals surface area contributed by atoms with Crippen LogP contribution in [0.25, 0.3) is 11.3 Å². The van der Waals surface area contributed by atoms with Gasteiger partial charge >= 0.3 is 0 Å². The number of nitrogens with zero attached hydrogens (tertiary/aromatic N) is 5. The third-order valence-electron chi connectivity index (χ3n) is 4.53. The van der Waals surface area contributed by atoms with E-state index in [1.165, 1.54) is 12.1 Å². The summed E-state index contributed by atoms with van der Waals surface area (Å²) in [5.41, 5.74) is 1.31. The molecule has 1 aliphatic heterocycles. The minimum Gasteiger partial charge on any atom is -0.476 e. The van der Waals surface area contributed by atoms with Crippen molar-refractivity contribution in [3.05, 3.63) is 53.9 Å². The van der Waals surface area contributed by atoms with Crippen molar-refractivity contribution in [1.29, 1.82) is 0 Å². The molecule has 1 unspecified atom stereocenters. The second-order valence-electron chi connectivity index (χ2n) is 6.70. The molecule has 1 aromatic carbocycles. The Labute approximate surface area is 156 Å². The molecular formula is C19H20FN5O2. The minimum atomic E-state index is -0.295. The largest absolute Gasteiger partial charge is 0.476 e. The summed E-state index contributed by atoms with van der Waals surface area (Å²) >= 11 is 0. The molecule has 1 aliphatic rings. The molecule has 3 aromatic rings. The smallest absolute Gasteiger partial charge is 0.240 e. The van der Waals surface area contributed by atoms with Crippen LogP contribution < -0.4 is 4.74 Å². The van der Waals surface area contributed by atoms with Gasteiger partial charge in [-0.2, -0.15) is 4.98 Å². The van der Waals surface area contributed by atoms with E-state index in [0.29, 0.717) is 47.9 Å². The molecule has 3 heterocycles. The molecule has 27 heavy (non-hydrogen) atoms.